The van der Waals surface area contributed by atoms with Gasteiger partial charge < -0.3 is 9.88 Å². The normalized spacial score (nSPS) is 12.0. The molecule has 0 unspecified atom stereocenters. The molecule has 0 aliphatic rings. The van der Waals surface area contributed by atoms with Gasteiger partial charge >= 0.3 is 6.18 Å². The molecule has 0 spiro atoms. The van der Waals surface area contributed by atoms with Gasteiger partial charge in [0.1, 0.15) is 12.2 Å². The average molecular weight is 258 g/mol. The lowest BCUT2D eigenvalue weighted by Gasteiger charge is -2.20. The van der Waals surface area contributed by atoms with Gasteiger partial charge in [-0.25, -0.2) is 0 Å². The number of nitrogens with one attached hydrogen (secondary N) is 1. The SMILES string of the molecule is C#CC(C)(C)NC(=O)c1cccn1CC(F)(F)F. The smallest absolute Gasteiger partial charge is 0.335 e. The van der Waals surface area contributed by atoms with Crippen LogP contribution in [0.4, 0.5) is 13.2 Å². The molecular weight excluding hydrogens is 245 g/mol. The monoisotopic (exact) mass is 258 g/mol. The van der Waals surface area contributed by atoms with Gasteiger partial charge in [0.2, 0.25) is 0 Å². The van der Waals surface area contributed by atoms with Crippen LogP contribution in [0.1, 0.15) is 24.3 Å². The molecule has 0 saturated heterocycles. The van der Waals surface area contributed by atoms with E-state index in [-0.39, 0.29) is 5.69 Å². The summed E-state index contributed by atoms with van der Waals surface area (Å²) in [5.41, 5.74) is -0.986. The van der Waals surface area contributed by atoms with Crippen molar-refractivity contribution in [2.45, 2.75) is 32.1 Å². The molecule has 0 atom stereocenters. The Morgan fingerprint density at radius 3 is 2.61 bits per heavy atom. The van der Waals surface area contributed by atoms with Crippen molar-refractivity contribution in [1.82, 2.24) is 9.88 Å². The predicted octanol–water partition coefficient (Wildman–Crippen LogP) is 2.19. The van der Waals surface area contributed by atoms with Crippen LogP contribution in [0, 0.1) is 12.3 Å². The van der Waals surface area contributed by atoms with E-state index in [4.69, 9.17) is 6.42 Å². The minimum absolute atomic E-state index is 0.0735. The van der Waals surface area contributed by atoms with Gasteiger partial charge in [0.05, 0.1) is 5.54 Å². The Hall–Kier alpha value is -1.90. The zero-order valence-electron chi connectivity index (χ0n) is 10.0. The van der Waals surface area contributed by atoms with Crippen molar-refractivity contribution in [3.8, 4) is 12.3 Å². The average Bonchev–Trinajstić information content (AvgIpc) is 2.62. The van der Waals surface area contributed by atoms with Crippen LogP contribution in [0.15, 0.2) is 18.3 Å². The number of alkyl halides is 3. The lowest BCUT2D eigenvalue weighted by Crippen LogP contribution is -2.43. The van der Waals surface area contributed by atoms with E-state index in [1.807, 2.05) is 0 Å². The summed E-state index contributed by atoms with van der Waals surface area (Å²) >= 11 is 0. The van der Waals surface area contributed by atoms with Crippen LogP contribution >= 0.6 is 0 Å². The summed E-state index contributed by atoms with van der Waals surface area (Å²) in [4.78, 5) is 11.8. The van der Waals surface area contributed by atoms with E-state index in [2.05, 4.69) is 11.2 Å². The maximum atomic E-state index is 12.3. The van der Waals surface area contributed by atoms with Crippen LogP contribution < -0.4 is 5.32 Å². The first kappa shape index (κ1) is 14.2. The van der Waals surface area contributed by atoms with Gasteiger partial charge in [-0.15, -0.1) is 6.42 Å². The molecule has 0 aromatic carbocycles. The Balaban J connectivity index is 2.89. The second-order valence-corrected chi connectivity index (χ2v) is 4.36. The van der Waals surface area contributed by atoms with Crippen LogP contribution in [-0.2, 0) is 6.54 Å². The second kappa shape index (κ2) is 4.77. The Kier molecular flexibility index (Phi) is 3.75. The van der Waals surface area contributed by atoms with Crippen molar-refractivity contribution >= 4 is 5.91 Å². The van der Waals surface area contributed by atoms with E-state index < -0.39 is 24.2 Å². The lowest BCUT2D eigenvalue weighted by molar-refractivity contribution is -0.140. The molecule has 0 fully saturated rings. The maximum Gasteiger partial charge on any atom is 0.406 e. The van der Waals surface area contributed by atoms with Gasteiger partial charge in [0, 0.05) is 6.20 Å². The standard InChI is InChI=1S/C12H13F3N2O/c1-4-11(2,3)16-10(18)9-6-5-7-17(9)8-12(13,14)15/h1,5-7H,8H2,2-3H3,(H,16,18). The van der Waals surface area contributed by atoms with Crippen molar-refractivity contribution in [2.24, 2.45) is 0 Å². The van der Waals surface area contributed by atoms with Gasteiger partial charge in [0.15, 0.2) is 0 Å². The van der Waals surface area contributed by atoms with Gasteiger partial charge in [-0.3, -0.25) is 4.79 Å². The maximum absolute atomic E-state index is 12.3. The van der Waals surface area contributed by atoms with E-state index in [1.165, 1.54) is 18.3 Å². The Morgan fingerprint density at radius 1 is 1.50 bits per heavy atom. The first-order chi connectivity index (χ1) is 8.14. The van der Waals surface area contributed by atoms with Gasteiger partial charge in [0.25, 0.3) is 5.91 Å². The molecule has 1 heterocycles. The zero-order valence-corrected chi connectivity index (χ0v) is 10.0. The molecule has 0 saturated carbocycles. The molecule has 1 rings (SSSR count). The number of amides is 1. The first-order valence-corrected chi connectivity index (χ1v) is 5.17. The molecular formula is C12H13F3N2O. The van der Waals surface area contributed by atoms with E-state index in [0.717, 1.165) is 4.57 Å². The molecule has 0 radical (unpaired) electrons. The number of nitrogens with zero attached hydrogens (tertiary/aromatic N) is 1. The van der Waals surface area contributed by atoms with Crippen LogP contribution in [0.2, 0.25) is 0 Å². The molecule has 98 valence electrons. The summed E-state index contributed by atoms with van der Waals surface area (Å²) in [6.45, 7) is 1.96. The van der Waals surface area contributed by atoms with Crippen molar-refractivity contribution in [3.63, 3.8) is 0 Å². The molecule has 1 N–H and O–H groups in total. The minimum Gasteiger partial charge on any atom is -0.335 e. The topological polar surface area (TPSA) is 34.0 Å². The molecule has 1 amide bonds. The van der Waals surface area contributed by atoms with Crippen molar-refractivity contribution in [3.05, 3.63) is 24.0 Å². The number of halogens is 3. The molecule has 1 aromatic heterocycles. The third kappa shape index (κ3) is 3.84. The quantitative estimate of drug-likeness (QED) is 0.828. The fourth-order valence-electron chi connectivity index (χ4n) is 1.34. The molecule has 1 aromatic rings. The largest absolute Gasteiger partial charge is 0.406 e. The van der Waals surface area contributed by atoms with E-state index in [0.29, 0.717) is 0 Å². The predicted molar refractivity (Wildman–Crippen MR) is 60.9 cm³/mol. The minimum atomic E-state index is -4.38. The molecule has 6 heteroatoms. The number of carbonyl (C=O) groups excluding carboxylic acids is 1. The van der Waals surface area contributed by atoms with Crippen LogP contribution in [0.25, 0.3) is 0 Å². The Bertz CT molecular complexity index is 480. The lowest BCUT2D eigenvalue weighted by atomic mass is 10.1. The van der Waals surface area contributed by atoms with Gasteiger partial charge in [-0.05, 0) is 26.0 Å². The molecule has 3 nitrogen and oxygen atoms in total. The summed E-state index contributed by atoms with van der Waals surface area (Å²) < 4.78 is 37.7. The molecule has 0 aliphatic heterocycles. The highest BCUT2D eigenvalue weighted by Gasteiger charge is 2.30. The number of hydrogen-bond acceptors (Lipinski definition) is 1. The van der Waals surface area contributed by atoms with Crippen LogP contribution in [0.3, 0.4) is 0 Å². The third-order valence-electron chi connectivity index (χ3n) is 2.20. The number of hydrogen-bond donors (Lipinski definition) is 1. The molecule has 0 bridgehead atoms. The summed E-state index contributed by atoms with van der Waals surface area (Å²) in [6.07, 6.45) is 2.02. The number of terminal acetylenes is 1. The number of rotatable bonds is 3. The van der Waals surface area contributed by atoms with E-state index >= 15 is 0 Å². The highest BCUT2D eigenvalue weighted by atomic mass is 19.4. The van der Waals surface area contributed by atoms with Crippen molar-refractivity contribution in [2.75, 3.05) is 0 Å². The van der Waals surface area contributed by atoms with Crippen molar-refractivity contribution < 1.29 is 18.0 Å². The fourth-order valence-corrected chi connectivity index (χ4v) is 1.34. The van der Waals surface area contributed by atoms with Gasteiger partial charge in [-0.1, -0.05) is 5.92 Å². The fraction of sp³-hybridized carbons (Fsp3) is 0.417. The van der Waals surface area contributed by atoms with E-state index in [9.17, 15) is 18.0 Å². The van der Waals surface area contributed by atoms with Gasteiger partial charge in [-0.2, -0.15) is 13.2 Å². The summed E-state index contributed by atoms with van der Waals surface area (Å²) in [7, 11) is 0. The number of carbonyl (C=O) groups is 1. The van der Waals surface area contributed by atoms with Crippen LogP contribution in [0.5, 0.6) is 0 Å². The molecule has 0 aliphatic carbocycles. The Labute approximate surface area is 103 Å². The highest BCUT2D eigenvalue weighted by molar-refractivity contribution is 5.93. The number of aromatic nitrogens is 1. The summed E-state index contributed by atoms with van der Waals surface area (Å²) in [6, 6.07) is 2.69. The summed E-state index contributed by atoms with van der Waals surface area (Å²) in [5, 5.41) is 2.47. The van der Waals surface area contributed by atoms with Crippen molar-refractivity contribution in [1.29, 1.82) is 0 Å². The first-order valence-electron chi connectivity index (χ1n) is 5.17. The molecule has 18 heavy (non-hydrogen) atoms. The van der Waals surface area contributed by atoms with E-state index in [1.54, 1.807) is 13.8 Å². The second-order valence-electron chi connectivity index (χ2n) is 4.36. The Morgan fingerprint density at radius 2 is 2.11 bits per heavy atom. The summed E-state index contributed by atoms with van der Waals surface area (Å²) in [5.74, 6) is 1.71. The third-order valence-corrected chi connectivity index (χ3v) is 2.20. The van der Waals surface area contributed by atoms with Crippen LogP contribution in [-0.4, -0.2) is 22.2 Å². The highest BCUT2D eigenvalue weighted by Crippen LogP contribution is 2.19. The zero-order chi connectivity index (χ0) is 14.0.